The van der Waals surface area contributed by atoms with E-state index in [2.05, 4.69) is 0 Å². The molecule has 0 saturated carbocycles. The van der Waals surface area contributed by atoms with Crippen LogP contribution >= 0.6 is 11.6 Å². The second kappa shape index (κ2) is 4.97. The number of benzene rings is 2. The van der Waals surface area contributed by atoms with E-state index in [1.807, 2.05) is 0 Å². The zero-order valence-corrected chi connectivity index (χ0v) is 9.82. The van der Waals surface area contributed by atoms with Gasteiger partial charge in [0.15, 0.2) is 5.75 Å². The summed E-state index contributed by atoms with van der Waals surface area (Å²) in [6, 6.07) is 12.0. The minimum absolute atomic E-state index is 0.228. The number of nitrogens with two attached hydrogens (primary N) is 1. The van der Waals surface area contributed by atoms with E-state index in [9.17, 15) is 0 Å². The van der Waals surface area contributed by atoms with Crippen molar-refractivity contribution in [1.82, 2.24) is 0 Å². The largest absolute Gasteiger partial charge is 0.508 e. The average molecular weight is 250 g/mol. The molecule has 2 aromatic carbocycles. The third-order valence-electron chi connectivity index (χ3n) is 2.32. The van der Waals surface area contributed by atoms with Crippen LogP contribution in [0, 0.1) is 0 Å². The molecule has 0 fully saturated rings. The van der Waals surface area contributed by atoms with Crippen LogP contribution in [0.3, 0.4) is 0 Å². The minimum atomic E-state index is 0.228. The van der Waals surface area contributed by atoms with Gasteiger partial charge >= 0.3 is 0 Å². The summed E-state index contributed by atoms with van der Waals surface area (Å²) in [6.45, 7) is 0.355. The molecule has 0 spiro atoms. The molecule has 0 radical (unpaired) electrons. The van der Waals surface area contributed by atoms with Crippen molar-refractivity contribution in [2.45, 2.75) is 6.61 Å². The predicted molar refractivity (Wildman–Crippen MR) is 68.3 cm³/mol. The number of aromatic hydroxyl groups is 1. The van der Waals surface area contributed by atoms with E-state index in [1.165, 1.54) is 0 Å². The van der Waals surface area contributed by atoms with Crippen LogP contribution in [0.25, 0.3) is 0 Å². The highest BCUT2D eigenvalue weighted by Gasteiger charge is 2.05. The van der Waals surface area contributed by atoms with Gasteiger partial charge in [-0.15, -0.1) is 0 Å². The van der Waals surface area contributed by atoms with Gasteiger partial charge < -0.3 is 15.6 Å². The highest BCUT2D eigenvalue weighted by Crippen LogP contribution is 2.31. The topological polar surface area (TPSA) is 55.5 Å². The minimum Gasteiger partial charge on any atom is -0.508 e. The van der Waals surface area contributed by atoms with Gasteiger partial charge in [0.1, 0.15) is 12.4 Å². The van der Waals surface area contributed by atoms with Gasteiger partial charge in [-0.2, -0.15) is 0 Å². The average Bonchev–Trinajstić information content (AvgIpc) is 2.31. The Hall–Kier alpha value is -1.87. The van der Waals surface area contributed by atoms with Crippen molar-refractivity contribution < 1.29 is 9.84 Å². The summed E-state index contributed by atoms with van der Waals surface area (Å²) in [7, 11) is 0. The molecule has 0 unspecified atom stereocenters. The van der Waals surface area contributed by atoms with Crippen LogP contribution in [0.1, 0.15) is 5.56 Å². The number of nitrogen functional groups attached to an aromatic ring is 1. The van der Waals surface area contributed by atoms with Crippen molar-refractivity contribution in [3.63, 3.8) is 0 Å². The first kappa shape index (κ1) is 11.6. The lowest BCUT2D eigenvalue weighted by molar-refractivity contribution is 0.308. The van der Waals surface area contributed by atoms with E-state index in [0.29, 0.717) is 23.1 Å². The number of phenols is 1. The second-order valence-corrected chi connectivity index (χ2v) is 4.02. The monoisotopic (exact) mass is 249 g/mol. The Morgan fingerprint density at radius 2 is 1.82 bits per heavy atom. The fraction of sp³-hybridized carbons (Fsp3) is 0.0769. The summed E-state index contributed by atoms with van der Waals surface area (Å²) >= 11 is 5.98. The smallest absolute Gasteiger partial charge is 0.161 e. The third kappa shape index (κ3) is 2.82. The Kier molecular flexibility index (Phi) is 3.40. The van der Waals surface area contributed by atoms with Gasteiger partial charge in [0, 0.05) is 0 Å². The molecule has 4 heteroatoms. The van der Waals surface area contributed by atoms with Crippen LogP contribution in [-0.4, -0.2) is 5.11 Å². The summed E-state index contributed by atoms with van der Waals surface area (Å²) in [5.74, 6) is 0.716. The van der Waals surface area contributed by atoms with Crippen molar-refractivity contribution in [2.75, 3.05) is 5.73 Å². The number of ether oxygens (including phenoxy) is 1. The molecule has 3 N–H and O–H groups in total. The molecular formula is C13H12ClNO2. The number of phenolic OH excluding ortho intramolecular Hbond substituents is 1. The molecule has 0 aliphatic carbocycles. The molecule has 2 aromatic rings. The number of halogens is 1. The fourth-order valence-electron chi connectivity index (χ4n) is 1.43. The highest BCUT2D eigenvalue weighted by molar-refractivity contribution is 6.32. The summed E-state index contributed by atoms with van der Waals surface area (Å²) in [6.07, 6.45) is 0. The number of rotatable bonds is 3. The lowest BCUT2D eigenvalue weighted by atomic mass is 10.2. The zero-order chi connectivity index (χ0) is 12.3. The van der Waals surface area contributed by atoms with Crippen LogP contribution in [0.5, 0.6) is 11.5 Å². The van der Waals surface area contributed by atoms with Crippen LogP contribution in [-0.2, 0) is 6.61 Å². The molecule has 0 atom stereocenters. The van der Waals surface area contributed by atoms with E-state index in [4.69, 9.17) is 27.2 Å². The first-order valence-corrected chi connectivity index (χ1v) is 5.49. The van der Waals surface area contributed by atoms with E-state index >= 15 is 0 Å². The summed E-state index contributed by atoms with van der Waals surface area (Å²) in [5, 5.41) is 9.64. The lowest BCUT2D eigenvalue weighted by Gasteiger charge is -2.10. The SMILES string of the molecule is Nc1cccc(Cl)c1OCc1ccc(O)cc1. The quantitative estimate of drug-likeness (QED) is 0.822. The van der Waals surface area contributed by atoms with Crippen molar-refractivity contribution in [1.29, 1.82) is 0 Å². The molecule has 0 aliphatic heterocycles. The van der Waals surface area contributed by atoms with Crippen molar-refractivity contribution in [2.24, 2.45) is 0 Å². The summed E-state index contributed by atoms with van der Waals surface area (Å²) in [5.41, 5.74) is 7.20. The van der Waals surface area contributed by atoms with Crippen LogP contribution < -0.4 is 10.5 Å². The van der Waals surface area contributed by atoms with Gasteiger partial charge in [-0.25, -0.2) is 0 Å². The van der Waals surface area contributed by atoms with Gasteiger partial charge in [0.25, 0.3) is 0 Å². The van der Waals surface area contributed by atoms with Gasteiger partial charge in [0.2, 0.25) is 0 Å². The fourth-order valence-corrected chi connectivity index (χ4v) is 1.66. The lowest BCUT2D eigenvalue weighted by Crippen LogP contribution is -1.99. The first-order chi connectivity index (χ1) is 8.16. The Bertz CT molecular complexity index is 491. The van der Waals surface area contributed by atoms with Gasteiger partial charge in [-0.05, 0) is 29.8 Å². The highest BCUT2D eigenvalue weighted by atomic mass is 35.5. The number of hydrogen-bond acceptors (Lipinski definition) is 3. The first-order valence-electron chi connectivity index (χ1n) is 5.11. The summed E-state index contributed by atoms with van der Waals surface area (Å²) in [4.78, 5) is 0. The summed E-state index contributed by atoms with van der Waals surface area (Å²) < 4.78 is 5.55. The van der Waals surface area contributed by atoms with Crippen LogP contribution in [0.4, 0.5) is 5.69 Å². The zero-order valence-electron chi connectivity index (χ0n) is 9.06. The molecule has 0 amide bonds. The number of hydrogen-bond donors (Lipinski definition) is 2. The Morgan fingerprint density at radius 3 is 2.47 bits per heavy atom. The molecule has 0 aliphatic rings. The number of anilines is 1. The van der Waals surface area contributed by atoms with Gasteiger partial charge in [0.05, 0.1) is 10.7 Å². The number of para-hydroxylation sites is 1. The van der Waals surface area contributed by atoms with E-state index in [-0.39, 0.29) is 5.75 Å². The maximum Gasteiger partial charge on any atom is 0.161 e. The molecule has 0 heterocycles. The van der Waals surface area contributed by atoms with Crippen molar-refractivity contribution >= 4 is 17.3 Å². The molecular weight excluding hydrogens is 238 g/mol. The maximum atomic E-state index is 9.15. The van der Waals surface area contributed by atoms with Gasteiger partial charge in [-0.1, -0.05) is 29.8 Å². The molecule has 0 aromatic heterocycles. The third-order valence-corrected chi connectivity index (χ3v) is 2.61. The molecule has 3 nitrogen and oxygen atoms in total. The maximum absolute atomic E-state index is 9.15. The Morgan fingerprint density at radius 1 is 1.12 bits per heavy atom. The van der Waals surface area contributed by atoms with Gasteiger partial charge in [-0.3, -0.25) is 0 Å². The van der Waals surface area contributed by atoms with E-state index < -0.39 is 0 Å². The molecule has 0 saturated heterocycles. The molecule has 2 rings (SSSR count). The predicted octanol–water partition coefficient (Wildman–Crippen LogP) is 3.21. The Labute approximate surface area is 104 Å². The molecule has 0 bridgehead atoms. The van der Waals surface area contributed by atoms with Crippen molar-refractivity contribution in [3.05, 3.63) is 53.1 Å². The standard InChI is InChI=1S/C13H12ClNO2/c14-11-2-1-3-12(15)13(11)17-8-9-4-6-10(16)7-5-9/h1-7,16H,8,15H2. The van der Waals surface area contributed by atoms with Crippen LogP contribution in [0.2, 0.25) is 5.02 Å². The normalized spacial score (nSPS) is 10.2. The van der Waals surface area contributed by atoms with Crippen molar-refractivity contribution in [3.8, 4) is 11.5 Å². The van der Waals surface area contributed by atoms with Crippen LogP contribution in [0.15, 0.2) is 42.5 Å². The van der Waals surface area contributed by atoms with E-state index in [1.54, 1.807) is 42.5 Å². The second-order valence-electron chi connectivity index (χ2n) is 3.61. The molecule has 17 heavy (non-hydrogen) atoms. The van der Waals surface area contributed by atoms with E-state index in [0.717, 1.165) is 5.56 Å². The molecule has 88 valence electrons. The Balaban J connectivity index is 2.10.